The molecule has 4 nitrogen and oxygen atoms in total. The van der Waals surface area contributed by atoms with Crippen molar-refractivity contribution < 1.29 is 4.79 Å². The predicted octanol–water partition coefficient (Wildman–Crippen LogP) is 5.10. The summed E-state index contributed by atoms with van der Waals surface area (Å²) in [4.78, 5) is 13.0. The molecule has 0 unspecified atom stereocenters. The summed E-state index contributed by atoms with van der Waals surface area (Å²) >= 11 is 1.47. The van der Waals surface area contributed by atoms with Crippen LogP contribution >= 0.6 is 11.8 Å². The molecule has 28 heavy (non-hydrogen) atoms. The molecule has 0 spiro atoms. The van der Waals surface area contributed by atoms with Gasteiger partial charge in [0, 0.05) is 18.5 Å². The summed E-state index contributed by atoms with van der Waals surface area (Å²) in [5.74, 6) is 1.46. The molecular weight excluding hydrogens is 366 g/mol. The van der Waals surface area contributed by atoms with Gasteiger partial charge >= 0.3 is 0 Å². The highest BCUT2D eigenvalue weighted by atomic mass is 32.2. The minimum absolute atomic E-state index is 0.155. The molecule has 0 aliphatic carbocycles. The first kappa shape index (κ1) is 20.3. The maximum atomic E-state index is 13.0. The van der Waals surface area contributed by atoms with Crippen molar-refractivity contribution in [2.75, 3.05) is 5.75 Å². The second kappa shape index (κ2) is 8.74. The van der Waals surface area contributed by atoms with Gasteiger partial charge in [-0.25, -0.2) is 0 Å². The van der Waals surface area contributed by atoms with Gasteiger partial charge in [-0.15, -0.1) is 10.2 Å². The van der Waals surface area contributed by atoms with Crippen molar-refractivity contribution in [3.05, 3.63) is 75.6 Å². The maximum absolute atomic E-state index is 13.0. The zero-order chi connectivity index (χ0) is 20.3. The normalized spacial score (nSPS) is 11.0. The molecule has 0 amide bonds. The van der Waals surface area contributed by atoms with Gasteiger partial charge in [0.15, 0.2) is 10.9 Å². The van der Waals surface area contributed by atoms with E-state index in [1.807, 2.05) is 32.0 Å². The van der Waals surface area contributed by atoms with Crippen molar-refractivity contribution >= 4 is 17.5 Å². The molecule has 0 aliphatic rings. The Kier molecular flexibility index (Phi) is 6.35. The molecule has 3 rings (SSSR count). The van der Waals surface area contributed by atoms with E-state index in [0.717, 1.165) is 40.6 Å². The molecule has 0 bridgehead atoms. The molecule has 5 heteroatoms. The summed E-state index contributed by atoms with van der Waals surface area (Å²) in [5.41, 5.74) is 6.55. The highest BCUT2D eigenvalue weighted by molar-refractivity contribution is 7.99. The number of nitrogens with zero attached hydrogens (tertiary/aromatic N) is 3. The number of aryl methyl sites for hydroxylation is 2. The summed E-state index contributed by atoms with van der Waals surface area (Å²) in [7, 11) is 0. The van der Waals surface area contributed by atoms with Crippen LogP contribution in [0.3, 0.4) is 0 Å². The fourth-order valence-corrected chi connectivity index (χ4v) is 4.38. The van der Waals surface area contributed by atoms with Crippen molar-refractivity contribution in [3.63, 3.8) is 0 Å². The van der Waals surface area contributed by atoms with E-state index in [0.29, 0.717) is 5.75 Å². The third-order valence-corrected chi connectivity index (χ3v) is 6.26. The Morgan fingerprint density at radius 1 is 1.00 bits per heavy atom. The van der Waals surface area contributed by atoms with Gasteiger partial charge in [0.1, 0.15) is 5.82 Å². The highest BCUT2D eigenvalue weighted by Crippen LogP contribution is 2.25. The lowest BCUT2D eigenvalue weighted by molar-refractivity contribution is 0.102. The van der Waals surface area contributed by atoms with Crippen LogP contribution < -0.4 is 0 Å². The minimum atomic E-state index is 0.155. The van der Waals surface area contributed by atoms with E-state index >= 15 is 0 Å². The second-order valence-electron chi connectivity index (χ2n) is 7.15. The molecule has 0 N–H and O–H groups in total. The van der Waals surface area contributed by atoms with Crippen LogP contribution in [0, 0.1) is 27.7 Å². The molecule has 1 heterocycles. The van der Waals surface area contributed by atoms with Crippen molar-refractivity contribution in [2.45, 2.75) is 52.7 Å². The first-order chi connectivity index (χ1) is 13.4. The number of carbonyl (C=O) groups is 1. The monoisotopic (exact) mass is 393 g/mol. The fraction of sp³-hybridized carbons (Fsp3) is 0.348. The fourth-order valence-electron chi connectivity index (χ4n) is 3.49. The first-order valence-electron chi connectivity index (χ1n) is 9.61. The van der Waals surface area contributed by atoms with Crippen LogP contribution in [-0.2, 0) is 13.0 Å². The molecule has 0 aliphatic heterocycles. The van der Waals surface area contributed by atoms with E-state index in [4.69, 9.17) is 0 Å². The van der Waals surface area contributed by atoms with Crippen LogP contribution in [0.2, 0.25) is 0 Å². The molecule has 0 atom stereocenters. The van der Waals surface area contributed by atoms with Crippen molar-refractivity contribution in [2.24, 2.45) is 0 Å². The summed E-state index contributed by atoms with van der Waals surface area (Å²) in [6.07, 6.45) is 0.742. The number of aromatic nitrogens is 3. The largest absolute Gasteiger partial charge is 0.306 e. The van der Waals surface area contributed by atoms with Crippen LogP contribution in [0.1, 0.15) is 50.9 Å². The van der Waals surface area contributed by atoms with Gasteiger partial charge in [-0.05, 0) is 62.4 Å². The zero-order valence-corrected chi connectivity index (χ0v) is 18.1. The van der Waals surface area contributed by atoms with Gasteiger partial charge in [-0.3, -0.25) is 4.79 Å². The van der Waals surface area contributed by atoms with Gasteiger partial charge < -0.3 is 4.57 Å². The van der Waals surface area contributed by atoms with Crippen molar-refractivity contribution in [3.8, 4) is 0 Å². The lowest BCUT2D eigenvalue weighted by atomic mass is 9.92. The van der Waals surface area contributed by atoms with Crippen molar-refractivity contribution in [1.82, 2.24) is 14.8 Å². The summed E-state index contributed by atoms with van der Waals surface area (Å²) < 4.78 is 2.10. The van der Waals surface area contributed by atoms with Crippen LogP contribution in [-0.4, -0.2) is 26.3 Å². The number of benzene rings is 2. The number of hydrogen-bond acceptors (Lipinski definition) is 4. The van der Waals surface area contributed by atoms with Gasteiger partial charge in [-0.1, -0.05) is 48.2 Å². The molecule has 2 aromatic carbocycles. The summed E-state index contributed by atoms with van der Waals surface area (Å²) in [5, 5.41) is 9.54. The Bertz CT molecular complexity index is 967. The number of hydrogen-bond donors (Lipinski definition) is 0. The Morgan fingerprint density at radius 2 is 1.64 bits per heavy atom. The Balaban J connectivity index is 1.78. The zero-order valence-electron chi connectivity index (χ0n) is 17.2. The number of rotatable bonds is 7. The Morgan fingerprint density at radius 3 is 2.25 bits per heavy atom. The third-order valence-electron chi connectivity index (χ3n) is 5.29. The van der Waals surface area contributed by atoms with E-state index in [2.05, 4.69) is 53.7 Å². The molecule has 146 valence electrons. The standard InChI is InChI=1S/C23H27N3OS/c1-6-26-21(13-19-10-8-7-9-11-19)24-25-23(26)28-14-20(27)22-17(4)15(2)12-16(3)18(22)5/h7-12H,6,13-14H2,1-5H3. The van der Waals surface area contributed by atoms with E-state index < -0.39 is 0 Å². The molecule has 0 radical (unpaired) electrons. The van der Waals surface area contributed by atoms with Crippen LogP contribution in [0.5, 0.6) is 0 Å². The smallest absolute Gasteiger partial charge is 0.191 e. The highest BCUT2D eigenvalue weighted by Gasteiger charge is 2.18. The number of ketones is 1. The molecule has 0 fully saturated rings. The van der Waals surface area contributed by atoms with Crippen LogP contribution in [0.4, 0.5) is 0 Å². The maximum Gasteiger partial charge on any atom is 0.191 e. The average Bonchev–Trinajstić information content (AvgIpc) is 3.07. The minimum Gasteiger partial charge on any atom is -0.306 e. The molecule has 0 saturated carbocycles. The molecule has 3 aromatic rings. The number of Topliss-reactive ketones (excluding diaryl/α,β-unsaturated/α-hetero) is 1. The van der Waals surface area contributed by atoms with E-state index in [1.54, 1.807) is 0 Å². The van der Waals surface area contributed by atoms with E-state index in [9.17, 15) is 4.79 Å². The van der Waals surface area contributed by atoms with E-state index in [-0.39, 0.29) is 5.78 Å². The van der Waals surface area contributed by atoms with E-state index in [1.165, 1.54) is 28.5 Å². The van der Waals surface area contributed by atoms with Gasteiger partial charge in [0.05, 0.1) is 5.75 Å². The van der Waals surface area contributed by atoms with Crippen LogP contribution in [0.15, 0.2) is 41.6 Å². The SMILES string of the molecule is CCn1c(Cc2ccccc2)nnc1SCC(=O)c1c(C)c(C)cc(C)c1C. The van der Waals surface area contributed by atoms with Crippen molar-refractivity contribution in [1.29, 1.82) is 0 Å². The van der Waals surface area contributed by atoms with Gasteiger partial charge in [0.25, 0.3) is 0 Å². The number of carbonyl (C=O) groups excluding carboxylic acids is 1. The summed E-state index contributed by atoms with van der Waals surface area (Å²) in [6.45, 7) is 11.1. The lowest BCUT2D eigenvalue weighted by Gasteiger charge is -2.14. The number of thioether (sulfide) groups is 1. The molecule has 1 aromatic heterocycles. The van der Waals surface area contributed by atoms with Gasteiger partial charge in [-0.2, -0.15) is 0 Å². The quantitative estimate of drug-likeness (QED) is 0.414. The third kappa shape index (κ3) is 4.20. The second-order valence-corrected chi connectivity index (χ2v) is 8.10. The predicted molar refractivity (Wildman–Crippen MR) is 115 cm³/mol. The Labute approximate surface area is 171 Å². The first-order valence-corrected chi connectivity index (χ1v) is 10.6. The molecule has 0 saturated heterocycles. The van der Waals surface area contributed by atoms with Gasteiger partial charge in [0.2, 0.25) is 0 Å². The summed E-state index contributed by atoms with van der Waals surface area (Å²) in [6, 6.07) is 12.4. The topological polar surface area (TPSA) is 47.8 Å². The average molecular weight is 394 g/mol. The lowest BCUT2D eigenvalue weighted by Crippen LogP contribution is -2.11. The van der Waals surface area contributed by atoms with Crippen LogP contribution in [0.25, 0.3) is 0 Å². The Hall–Kier alpha value is -2.40. The molecular formula is C23H27N3OS.